The number of rotatable bonds is 4. The Bertz CT molecular complexity index is 1010. The number of nitrogens with one attached hydrogen (secondary N) is 1. The summed E-state index contributed by atoms with van der Waals surface area (Å²) >= 11 is 0. The van der Waals surface area contributed by atoms with Gasteiger partial charge in [-0.15, -0.1) is 0 Å². The number of imide groups is 1. The van der Waals surface area contributed by atoms with Gasteiger partial charge in [-0.1, -0.05) is 12.1 Å². The SMILES string of the molecule is O=C(CN1C(=O)c2ccccc2C1=O)Nc1cc(C(F)(F)F)ccc1N1CCCCC1. The predicted molar refractivity (Wildman–Crippen MR) is 108 cm³/mol. The van der Waals surface area contributed by atoms with Gasteiger partial charge in [0.05, 0.1) is 28.1 Å². The van der Waals surface area contributed by atoms with Gasteiger partial charge in [0.1, 0.15) is 6.54 Å². The molecule has 162 valence electrons. The van der Waals surface area contributed by atoms with E-state index in [1.807, 2.05) is 4.90 Å². The molecule has 0 bridgehead atoms. The van der Waals surface area contributed by atoms with E-state index in [9.17, 15) is 27.6 Å². The van der Waals surface area contributed by atoms with E-state index in [4.69, 9.17) is 0 Å². The maximum Gasteiger partial charge on any atom is 0.416 e. The molecule has 2 aliphatic heterocycles. The van der Waals surface area contributed by atoms with Crippen molar-refractivity contribution >= 4 is 29.1 Å². The molecule has 0 unspecified atom stereocenters. The molecule has 1 N–H and O–H groups in total. The number of hydrogen-bond donors (Lipinski definition) is 1. The van der Waals surface area contributed by atoms with Crippen molar-refractivity contribution in [2.24, 2.45) is 0 Å². The quantitative estimate of drug-likeness (QED) is 0.745. The standard InChI is InChI=1S/C22H20F3N3O3/c23-22(24,25)14-8-9-18(27-10-4-1-5-11-27)17(12-14)26-19(29)13-28-20(30)15-6-2-3-7-16(15)21(28)31/h2-3,6-9,12H,1,4-5,10-11,13H2,(H,26,29). The summed E-state index contributed by atoms with van der Waals surface area (Å²) in [4.78, 5) is 40.3. The van der Waals surface area contributed by atoms with E-state index in [0.717, 1.165) is 36.3 Å². The first kappa shape index (κ1) is 20.9. The maximum atomic E-state index is 13.2. The molecule has 0 radical (unpaired) electrons. The average Bonchev–Trinajstić information content (AvgIpc) is 2.99. The van der Waals surface area contributed by atoms with Crippen LogP contribution in [0.5, 0.6) is 0 Å². The van der Waals surface area contributed by atoms with Crippen LogP contribution >= 0.6 is 0 Å². The van der Waals surface area contributed by atoms with Crippen LogP contribution < -0.4 is 10.2 Å². The van der Waals surface area contributed by atoms with Crippen molar-refractivity contribution in [3.05, 3.63) is 59.2 Å². The van der Waals surface area contributed by atoms with Crippen molar-refractivity contribution in [3.8, 4) is 0 Å². The largest absolute Gasteiger partial charge is 0.416 e. The fraction of sp³-hybridized carbons (Fsp3) is 0.318. The van der Waals surface area contributed by atoms with Crippen LogP contribution in [0.2, 0.25) is 0 Å². The third-order valence-electron chi connectivity index (χ3n) is 5.47. The van der Waals surface area contributed by atoms with Gasteiger partial charge in [-0.2, -0.15) is 13.2 Å². The Hall–Kier alpha value is -3.36. The zero-order valence-electron chi connectivity index (χ0n) is 16.5. The molecule has 1 saturated heterocycles. The Kier molecular flexibility index (Phi) is 5.43. The number of benzene rings is 2. The van der Waals surface area contributed by atoms with E-state index in [2.05, 4.69) is 5.32 Å². The Labute approximate surface area is 176 Å². The smallest absolute Gasteiger partial charge is 0.370 e. The molecular weight excluding hydrogens is 411 g/mol. The summed E-state index contributed by atoms with van der Waals surface area (Å²) in [7, 11) is 0. The Balaban J connectivity index is 1.57. The number of amides is 3. The van der Waals surface area contributed by atoms with Crippen molar-refractivity contribution in [1.29, 1.82) is 0 Å². The van der Waals surface area contributed by atoms with Crippen LogP contribution in [0, 0.1) is 0 Å². The molecule has 0 aromatic heterocycles. The van der Waals surface area contributed by atoms with E-state index in [0.29, 0.717) is 18.8 Å². The molecule has 0 aliphatic carbocycles. The Morgan fingerprint density at radius 3 is 2.13 bits per heavy atom. The van der Waals surface area contributed by atoms with Crippen molar-refractivity contribution in [2.45, 2.75) is 25.4 Å². The highest BCUT2D eigenvalue weighted by Crippen LogP contribution is 2.36. The lowest BCUT2D eigenvalue weighted by molar-refractivity contribution is -0.137. The lowest BCUT2D eigenvalue weighted by Crippen LogP contribution is -2.38. The number of hydrogen-bond acceptors (Lipinski definition) is 4. The van der Waals surface area contributed by atoms with Crippen LogP contribution in [0.25, 0.3) is 0 Å². The molecule has 1 fully saturated rings. The molecule has 2 aromatic rings. The molecule has 2 aromatic carbocycles. The number of piperidine rings is 1. The molecule has 6 nitrogen and oxygen atoms in total. The van der Waals surface area contributed by atoms with Gasteiger partial charge in [0, 0.05) is 13.1 Å². The maximum absolute atomic E-state index is 13.2. The van der Waals surface area contributed by atoms with Gasteiger partial charge in [-0.25, -0.2) is 0 Å². The van der Waals surface area contributed by atoms with E-state index >= 15 is 0 Å². The first-order valence-corrected chi connectivity index (χ1v) is 9.97. The second-order valence-electron chi connectivity index (χ2n) is 7.57. The van der Waals surface area contributed by atoms with Crippen LogP contribution in [-0.4, -0.2) is 42.3 Å². The van der Waals surface area contributed by atoms with Crippen LogP contribution in [0.3, 0.4) is 0 Å². The highest BCUT2D eigenvalue weighted by Gasteiger charge is 2.37. The number of carbonyl (C=O) groups is 3. The number of fused-ring (bicyclic) bond motifs is 1. The van der Waals surface area contributed by atoms with Crippen LogP contribution in [0.4, 0.5) is 24.5 Å². The second kappa shape index (κ2) is 8.05. The van der Waals surface area contributed by atoms with Crippen LogP contribution in [0.1, 0.15) is 45.5 Å². The molecule has 2 aliphatic rings. The third kappa shape index (κ3) is 4.12. The van der Waals surface area contributed by atoms with Crippen molar-refractivity contribution < 1.29 is 27.6 Å². The minimum Gasteiger partial charge on any atom is -0.370 e. The summed E-state index contributed by atoms with van der Waals surface area (Å²) in [5.74, 6) is -1.95. The fourth-order valence-corrected chi connectivity index (χ4v) is 3.94. The summed E-state index contributed by atoms with van der Waals surface area (Å²) in [6.45, 7) is 0.765. The summed E-state index contributed by atoms with van der Waals surface area (Å²) in [6, 6.07) is 9.45. The van der Waals surface area contributed by atoms with Crippen molar-refractivity contribution in [1.82, 2.24) is 4.90 Å². The molecule has 4 rings (SSSR count). The van der Waals surface area contributed by atoms with E-state index in [-0.39, 0.29) is 16.8 Å². The highest BCUT2D eigenvalue weighted by atomic mass is 19.4. The van der Waals surface area contributed by atoms with E-state index < -0.39 is 36.0 Å². The number of halogens is 3. The van der Waals surface area contributed by atoms with Gasteiger partial charge in [0.2, 0.25) is 5.91 Å². The third-order valence-corrected chi connectivity index (χ3v) is 5.47. The van der Waals surface area contributed by atoms with E-state index in [1.54, 1.807) is 12.1 Å². The van der Waals surface area contributed by atoms with Gasteiger partial charge < -0.3 is 10.2 Å². The number of alkyl halides is 3. The van der Waals surface area contributed by atoms with Crippen molar-refractivity contribution in [2.75, 3.05) is 29.9 Å². The molecule has 0 atom stereocenters. The normalized spacial score (nSPS) is 16.5. The van der Waals surface area contributed by atoms with Crippen molar-refractivity contribution in [3.63, 3.8) is 0 Å². The molecule has 3 amide bonds. The summed E-state index contributed by atoms with van der Waals surface area (Å²) in [5.41, 5.74) is 0.0211. The molecule has 9 heteroatoms. The summed E-state index contributed by atoms with van der Waals surface area (Å²) in [5, 5.41) is 2.49. The highest BCUT2D eigenvalue weighted by molar-refractivity contribution is 6.22. The van der Waals surface area contributed by atoms with Gasteiger partial charge in [-0.3, -0.25) is 19.3 Å². The van der Waals surface area contributed by atoms with Gasteiger partial charge in [0.25, 0.3) is 11.8 Å². The minimum absolute atomic E-state index is 0.0123. The Morgan fingerprint density at radius 1 is 0.935 bits per heavy atom. The zero-order valence-corrected chi connectivity index (χ0v) is 16.5. The molecule has 0 spiro atoms. The monoisotopic (exact) mass is 431 g/mol. The predicted octanol–water partition coefficient (Wildman–Crippen LogP) is 3.93. The first-order chi connectivity index (χ1) is 14.8. The van der Waals surface area contributed by atoms with Crippen LogP contribution in [-0.2, 0) is 11.0 Å². The molecule has 2 heterocycles. The van der Waals surface area contributed by atoms with Crippen LogP contribution in [0.15, 0.2) is 42.5 Å². The minimum atomic E-state index is -4.57. The summed E-state index contributed by atoms with van der Waals surface area (Å²) in [6.07, 6.45) is -1.71. The number of nitrogens with zero attached hydrogens (tertiary/aromatic N) is 2. The summed E-state index contributed by atoms with van der Waals surface area (Å²) < 4.78 is 39.7. The fourth-order valence-electron chi connectivity index (χ4n) is 3.94. The van der Waals surface area contributed by atoms with Gasteiger partial charge in [-0.05, 0) is 49.6 Å². The zero-order chi connectivity index (χ0) is 22.2. The Morgan fingerprint density at radius 2 is 1.55 bits per heavy atom. The van der Waals surface area contributed by atoms with Gasteiger partial charge in [0.15, 0.2) is 0 Å². The molecular formula is C22H20F3N3O3. The van der Waals surface area contributed by atoms with Gasteiger partial charge >= 0.3 is 6.18 Å². The molecule has 0 saturated carbocycles. The molecule has 31 heavy (non-hydrogen) atoms. The number of anilines is 2. The average molecular weight is 431 g/mol. The lowest BCUT2D eigenvalue weighted by atomic mass is 10.1. The lowest BCUT2D eigenvalue weighted by Gasteiger charge is -2.31. The topological polar surface area (TPSA) is 69.7 Å². The first-order valence-electron chi connectivity index (χ1n) is 9.97. The number of carbonyl (C=O) groups excluding carboxylic acids is 3. The second-order valence-corrected chi connectivity index (χ2v) is 7.57. The van der Waals surface area contributed by atoms with E-state index in [1.165, 1.54) is 18.2 Å².